The van der Waals surface area contributed by atoms with Crippen LogP contribution in [0.1, 0.15) is 20.8 Å². The van der Waals surface area contributed by atoms with E-state index in [1.165, 1.54) is 0 Å². The van der Waals surface area contributed by atoms with Crippen molar-refractivity contribution in [2.24, 2.45) is 5.92 Å². The first-order valence-electron chi connectivity index (χ1n) is 5.65. The molecule has 1 N–H and O–H groups in total. The van der Waals surface area contributed by atoms with Gasteiger partial charge in [-0.05, 0) is 19.9 Å². The zero-order valence-electron chi connectivity index (χ0n) is 9.92. The first-order valence-corrected chi connectivity index (χ1v) is 5.65. The first-order chi connectivity index (χ1) is 6.65. The number of morpholine rings is 1. The van der Waals surface area contributed by atoms with Crippen LogP contribution < -0.4 is 5.32 Å². The van der Waals surface area contributed by atoms with Gasteiger partial charge in [0, 0.05) is 25.7 Å². The molecule has 0 aromatic heterocycles. The van der Waals surface area contributed by atoms with Crippen molar-refractivity contribution in [2.75, 3.05) is 33.3 Å². The molecule has 1 rings (SSSR count). The number of rotatable bonds is 4. The van der Waals surface area contributed by atoms with E-state index in [0.717, 1.165) is 32.2 Å². The highest BCUT2D eigenvalue weighted by molar-refractivity contribution is 4.78. The monoisotopic (exact) mass is 200 g/mol. The molecule has 0 aliphatic carbocycles. The fraction of sp³-hybridized carbons (Fsp3) is 1.00. The van der Waals surface area contributed by atoms with Gasteiger partial charge < -0.3 is 10.1 Å². The average Bonchev–Trinajstić information content (AvgIpc) is 2.17. The zero-order valence-corrected chi connectivity index (χ0v) is 9.92. The highest BCUT2D eigenvalue weighted by Crippen LogP contribution is 2.14. The Kier molecular flexibility index (Phi) is 4.85. The predicted molar refractivity (Wildman–Crippen MR) is 59.5 cm³/mol. The quantitative estimate of drug-likeness (QED) is 0.731. The Labute approximate surface area is 87.8 Å². The van der Waals surface area contributed by atoms with Crippen LogP contribution in [0.5, 0.6) is 0 Å². The summed E-state index contributed by atoms with van der Waals surface area (Å²) in [5.74, 6) is 0.725. The Morgan fingerprint density at radius 3 is 2.71 bits per heavy atom. The van der Waals surface area contributed by atoms with Crippen molar-refractivity contribution in [2.45, 2.75) is 32.9 Å². The molecule has 2 unspecified atom stereocenters. The Hall–Kier alpha value is -0.120. The van der Waals surface area contributed by atoms with Crippen LogP contribution in [0.4, 0.5) is 0 Å². The van der Waals surface area contributed by atoms with Crippen LogP contribution in [0.25, 0.3) is 0 Å². The Morgan fingerprint density at radius 2 is 2.14 bits per heavy atom. The second-order valence-corrected chi connectivity index (χ2v) is 4.53. The van der Waals surface area contributed by atoms with Crippen molar-refractivity contribution in [1.82, 2.24) is 10.2 Å². The van der Waals surface area contributed by atoms with E-state index in [4.69, 9.17) is 4.74 Å². The van der Waals surface area contributed by atoms with E-state index in [0.29, 0.717) is 12.1 Å². The van der Waals surface area contributed by atoms with Crippen LogP contribution in [0.3, 0.4) is 0 Å². The number of likely N-dealkylation sites (N-methyl/N-ethyl adjacent to an activating group) is 1. The maximum atomic E-state index is 5.67. The molecule has 0 radical (unpaired) electrons. The number of nitrogens with zero attached hydrogens (tertiary/aromatic N) is 1. The van der Waals surface area contributed by atoms with Gasteiger partial charge in [-0.3, -0.25) is 4.90 Å². The molecule has 14 heavy (non-hydrogen) atoms. The molecule has 1 saturated heterocycles. The molecule has 3 nitrogen and oxygen atoms in total. The van der Waals surface area contributed by atoms with Gasteiger partial charge >= 0.3 is 0 Å². The minimum absolute atomic E-state index is 0.370. The number of nitrogens with one attached hydrogen (secondary N) is 1. The van der Waals surface area contributed by atoms with Crippen LogP contribution >= 0.6 is 0 Å². The van der Waals surface area contributed by atoms with Gasteiger partial charge in [-0.15, -0.1) is 0 Å². The summed E-state index contributed by atoms with van der Waals surface area (Å²) in [5, 5.41) is 3.17. The van der Waals surface area contributed by atoms with E-state index >= 15 is 0 Å². The van der Waals surface area contributed by atoms with Gasteiger partial charge in [-0.1, -0.05) is 13.8 Å². The normalized spacial score (nSPS) is 26.8. The lowest BCUT2D eigenvalue weighted by Crippen LogP contribution is -2.50. The summed E-state index contributed by atoms with van der Waals surface area (Å²) in [6, 6.07) is 0.665. The van der Waals surface area contributed by atoms with Crippen LogP contribution in [-0.4, -0.2) is 50.3 Å². The smallest absolute Gasteiger partial charge is 0.0826 e. The third-order valence-corrected chi connectivity index (χ3v) is 3.14. The second-order valence-electron chi connectivity index (χ2n) is 4.53. The van der Waals surface area contributed by atoms with Crippen molar-refractivity contribution >= 4 is 0 Å². The highest BCUT2D eigenvalue weighted by Gasteiger charge is 2.24. The van der Waals surface area contributed by atoms with E-state index in [9.17, 15) is 0 Å². The van der Waals surface area contributed by atoms with Crippen molar-refractivity contribution < 1.29 is 4.74 Å². The van der Waals surface area contributed by atoms with E-state index < -0.39 is 0 Å². The molecule has 0 amide bonds. The third kappa shape index (κ3) is 3.23. The minimum atomic E-state index is 0.370. The van der Waals surface area contributed by atoms with E-state index in [1.807, 2.05) is 7.05 Å². The largest absolute Gasteiger partial charge is 0.374 e. The maximum Gasteiger partial charge on any atom is 0.0826 e. The van der Waals surface area contributed by atoms with Gasteiger partial charge in [0.1, 0.15) is 0 Å². The molecule has 0 aromatic carbocycles. The topological polar surface area (TPSA) is 24.5 Å². The minimum Gasteiger partial charge on any atom is -0.374 e. The zero-order chi connectivity index (χ0) is 10.6. The fourth-order valence-corrected chi connectivity index (χ4v) is 1.88. The van der Waals surface area contributed by atoms with E-state index in [2.05, 4.69) is 31.0 Å². The summed E-state index contributed by atoms with van der Waals surface area (Å²) in [7, 11) is 1.98. The number of hydrogen-bond acceptors (Lipinski definition) is 3. The fourth-order valence-electron chi connectivity index (χ4n) is 1.88. The third-order valence-electron chi connectivity index (χ3n) is 3.14. The predicted octanol–water partition coefficient (Wildman–Crippen LogP) is 0.951. The maximum absolute atomic E-state index is 5.67. The summed E-state index contributed by atoms with van der Waals surface area (Å²) in [4.78, 5) is 2.54. The molecular formula is C11H24N2O. The molecular weight excluding hydrogens is 176 g/mol. The molecule has 84 valence electrons. The second kappa shape index (κ2) is 5.69. The lowest BCUT2D eigenvalue weighted by Gasteiger charge is -2.38. The van der Waals surface area contributed by atoms with Crippen LogP contribution in [0.15, 0.2) is 0 Å². The first kappa shape index (κ1) is 12.0. The number of hydrogen-bond donors (Lipinski definition) is 1. The lowest BCUT2D eigenvalue weighted by atomic mass is 10.0. The molecule has 1 heterocycles. The molecule has 1 fully saturated rings. The Morgan fingerprint density at radius 1 is 1.43 bits per heavy atom. The van der Waals surface area contributed by atoms with Crippen molar-refractivity contribution in [1.29, 1.82) is 0 Å². The molecule has 0 bridgehead atoms. The van der Waals surface area contributed by atoms with Gasteiger partial charge in [0.2, 0.25) is 0 Å². The lowest BCUT2D eigenvalue weighted by molar-refractivity contribution is -0.0447. The van der Waals surface area contributed by atoms with Crippen LogP contribution in [0, 0.1) is 5.92 Å². The molecule has 3 heteroatoms. The van der Waals surface area contributed by atoms with Crippen LogP contribution in [-0.2, 0) is 4.74 Å². The van der Waals surface area contributed by atoms with E-state index in [1.54, 1.807) is 0 Å². The van der Waals surface area contributed by atoms with Crippen molar-refractivity contribution in [3.05, 3.63) is 0 Å². The van der Waals surface area contributed by atoms with E-state index in [-0.39, 0.29) is 0 Å². The molecule has 1 aliphatic heterocycles. The average molecular weight is 200 g/mol. The van der Waals surface area contributed by atoms with Gasteiger partial charge in [0.25, 0.3) is 0 Å². The Bertz CT molecular complexity index is 159. The summed E-state index contributed by atoms with van der Waals surface area (Å²) >= 11 is 0. The van der Waals surface area contributed by atoms with Gasteiger partial charge in [-0.25, -0.2) is 0 Å². The summed E-state index contributed by atoms with van der Waals surface area (Å²) < 4.78 is 5.67. The SMILES string of the molecule is CNCC1CN(C(C)C(C)C)CCO1. The molecule has 2 atom stereocenters. The standard InChI is InChI=1S/C11H24N2O/c1-9(2)10(3)13-5-6-14-11(8-13)7-12-4/h9-12H,5-8H2,1-4H3. The van der Waals surface area contributed by atoms with Crippen molar-refractivity contribution in [3.8, 4) is 0 Å². The molecule has 0 aromatic rings. The number of ether oxygens (including phenoxy) is 1. The van der Waals surface area contributed by atoms with Crippen molar-refractivity contribution in [3.63, 3.8) is 0 Å². The van der Waals surface area contributed by atoms with Crippen LogP contribution in [0.2, 0.25) is 0 Å². The van der Waals surface area contributed by atoms with Gasteiger partial charge in [0.05, 0.1) is 12.7 Å². The summed E-state index contributed by atoms with van der Waals surface area (Å²) in [6.45, 7) is 10.9. The molecule has 0 spiro atoms. The summed E-state index contributed by atoms with van der Waals surface area (Å²) in [6.07, 6.45) is 0.370. The van der Waals surface area contributed by atoms with Gasteiger partial charge in [0.15, 0.2) is 0 Å². The highest BCUT2D eigenvalue weighted by atomic mass is 16.5. The molecule has 1 aliphatic rings. The molecule has 0 saturated carbocycles. The summed E-state index contributed by atoms with van der Waals surface area (Å²) in [5.41, 5.74) is 0. The Balaban J connectivity index is 2.39. The van der Waals surface area contributed by atoms with Gasteiger partial charge in [-0.2, -0.15) is 0 Å².